The Morgan fingerprint density at radius 2 is 2.00 bits per heavy atom. The zero-order valence-electron chi connectivity index (χ0n) is 13.9. The van der Waals surface area contributed by atoms with Crippen LogP contribution < -0.4 is 16.0 Å². The van der Waals surface area contributed by atoms with Crippen molar-refractivity contribution in [1.82, 2.24) is 20.9 Å². The minimum atomic E-state index is -1.10. The van der Waals surface area contributed by atoms with Gasteiger partial charge in [-0.3, -0.25) is 14.9 Å². The molecular formula is C17H22N4O3. The summed E-state index contributed by atoms with van der Waals surface area (Å²) < 4.78 is 0. The zero-order chi connectivity index (χ0) is 17.3. The predicted octanol–water partition coefficient (Wildman–Crippen LogP) is 0.565. The smallest absolute Gasteiger partial charge is 0.322 e. The van der Waals surface area contributed by atoms with E-state index < -0.39 is 11.6 Å². The van der Waals surface area contributed by atoms with Crippen LogP contribution in [0.1, 0.15) is 35.7 Å². The summed E-state index contributed by atoms with van der Waals surface area (Å²) in [5.41, 5.74) is 0.138. The van der Waals surface area contributed by atoms with Crippen LogP contribution in [0.4, 0.5) is 4.79 Å². The molecule has 24 heavy (non-hydrogen) atoms. The fourth-order valence-corrected chi connectivity index (χ4v) is 3.27. The van der Waals surface area contributed by atoms with Gasteiger partial charge in [-0.1, -0.05) is 12.1 Å². The Morgan fingerprint density at radius 1 is 1.29 bits per heavy atom. The first-order valence-corrected chi connectivity index (χ1v) is 8.14. The molecule has 0 aromatic heterocycles. The molecule has 2 aliphatic heterocycles. The van der Waals surface area contributed by atoms with Gasteiger partial charge in [-0.25, -0.2) is 4.79 Å². The van der Waals surface area contributed by atoms with E-state index in [1.54, 1.807) is 31.2 Å². The quantitative estimate of drug-likeness (QED) is 0.707. The Kier molecular flexibility index (Phi) is 4.28. The molecule has 2 aliphatic rings. The molecular weight excluding hydrogens is 308 g/mol. The Bertz CT molecular complexity index is 673. The molecule has 4 amide bonds. The van der Waals surface area contributed by atoms with Crippen molar-refractivity contribution < 1.29 is 14.4 Å². The molecule has 7 heteroatoms. The molecule has 0 saturated carbocycles. The van der Waals surface area contributed by atoms with Crippen LogP contribution in [0.25, 0.3) is 0 Å². The maximum Gasteiger partial charge on any atom is 0.322 e. The van der Waals surface area contributed by atoms with Gasteiger partial charge in [-0.15, -0.1) is 0 Å². The monoisotopic (exact) mass is 330 g/mol. The second kappa shape index (κ2) is 6.24. The standard InChI is InChI=1S/C17H22N4O3/c1-17(15(23)19-16(24)20-17)12-7-5-11(6-8-12)14(22)21-9-3-4-13(10-21)18-2/h5-8,13,18H,3-4,9-10H2,1-2H3,(H2,19,20,23,24). The number of carbonyl (C=O) groups is 3. The number of amides is 4. The van der Waals surface area contributed by atoms with Crippen molar-refractivity contribution >= 4 is 17.8 Å². The molecule has 1 aromatic rings. The highest BCUT2D eigenvalue weighted by atomic mass is 16.2. The van der Waals surface area contributed by atoms with Gasteiger partial charge in [-0.05, 0) is 44.5 Å². The minimum absolute atomic E-state index is 0.00781. The Labute approximate surface area is 140 Å². The van der Waals surface area contributed by atoms with E-state index in [-0.39, 0.29) is 11.8 Å². The van der Waals surface area contributed by atoms with Crippen LogP contribution in [0.5, 0.6) is 0 Å². The molecule has 2 saturated heterocycles. The third-order valence-corrected chi connectivity index (χ3v) is 4.87. The summed E-state index contributed by atoms with van der Waals surface area (Å²) in [7, 11) is 1.91. The number of carbonyl (C=O) groups excluding carboxylic acids is 3. The minimum Gasteiger partial charge on any atom is -0.337 e. The van der Waals surface area contributed by atoms with Gasteiger partial charge < -0.3 is 15.5 Å². The highest BCUT2D eigenvalue weighted by molar-refractivity contribution is 6.07. The molecule has 7 nitrogen and oxygen atoms in total. The number of nitrogens with one attached hydrogen (secondary N) is 3. The number of rotatable bonds is 3. The van der Waals surface area contributed by atoms with Crippen LogP contribution in [0.2, 0.25) is 0 Å². The van der Waals surface area contributed by atoms with Crippen LogP contribution in [0.15, 0.2) is 24.3 Å². The highest BCUT2D eigenvalue weighted by Crippen LogP contribution is 2.25. The predicted molar refractivity (Wildman–Crippen MR) is 88.5 cm³/mol. The lowest BCUT2D eigenvalue weighted by Gasteiger charge is -2.32. The van der Waals surface area contributed by atoms with E-state index in [1.165, 1.54) is 0 Å². The van der Waals surface area contributed by atoms with Gasteiger partial charge in [-0.2, -0.15) is 0 Å². The molecule has 0 radical (unpaired) electrons. The summed E-state index contributed by atoms with van der Waals surface area (Å²) in [5.74, 6) is -0.397. The molecule has 128 valence electrons. The SMILES string of the molecule is CNC1CCCN(C(=O)c2ccc(C3(C)NC(=O)NC3=O)cc2)C1. The molecule has 2 heterocycles. The molecule has 2 fully saturated rings. The molecule has 1 aromatic carbocycles. The van der Waals surface area contributed by atoms with Gasteiger partial charge >= 0.3 is 6.03 Å². The van der Waals surface area contributed by atoms with Crippen molar-refractivity contribution in [3.05, 3.63) is 35.4 Å². The lowest BCUT2D eigenvalue weighted by molar-refractivity contribution is -0.123. The first kappa shape index (κ1) is 16.4. The van der Waals surface area contributed by atoms with E-state index >= 15 is 0 Å². The van der Waals surface area contributed by atoms with Gasteiger partial charge in [0, 0.05) is 24.7 Å². The second-order valence-corrected chi connectivity index (χ2v) is 6.49. The highest BCUT2D eigenvalue weighted by Gasteiger charge is 2.43. The van der Waals surface area contributed by atoms with Crippen molar-refractivity contribution in [2.45, 2.75) is 31.3 Å². The maximum atomic E-state index is 12.6. The van der Waals surface area contributed by atoms with Crippen LogP contribution >= 0.6 is 0 Å². The van der Waals surface area contributed by atoms with Crippen LogP contribution in [-0.4, -0.2) is 48.9 Å². The summed E-state index contributed by atoms with van der Waals surface area (Å²) >= 11 is 0. The first-order chi connectivity index (χ1) is 11.4. The Hall–Kier alpha value is -2.41. The van der Waals surface area contributed by atoms with Crippen molar-refractivity contribution in [2.75, 3.05) is 20.1 Å². The molecule has 2 atom stereocenters. The third-order valence-electron chi connectivity index (χ3n) is 4.87. The summed E-state index contributed by atoms with van der Waals surface area (Å²) in [5, 5.41) is 8.08. The van der Waals surface area contributed by atoms with Crippen molar-refractivity contribution in [3.8, 4) is 0 Å². The second-order valence-electron chi connectivity index (χ2n) is 6.49. The lowest BCUT2D eigenvalue weighted by atomic mass is 9.91. The summed E-state index contributed by atoms with van der Waals surface area (Å²) in [6.07, 6.45) is 2.06. The number of hydrogen-bond donors (Lipinski definition) is 3. The largest absolute Gasteiger partial charge is 0.337 e. The van der Waals surface area contributed by atoms with E-state index in [2.05, 4.69) is 16.0 Å². The van der Waals surface area contributed by atoms with E-state index in [1.807, 2.05) is 11.9 Å². The number of piperidine rings is 1. The van der Waals surface area contributed by atoms with Gasteiger partial charge in [0.1, 0.15) is 5.54 Å². The fraction of sp³-hybridized carbons (Fsp3) is 0.471. The van der Waals surface area contributed by atoms with Crippen LogP contribution in [0, 0.1) is 0 Å². The molecule has 0 spiro atoms. The topological polar surface area (TPSA) is 90.5 Å². The number of imide groups is 1. The van der Waals surface area contributed by atoms with Gasteiger partial charge in [0.2, 0.25) is 0 Å². The van der Waals surface area contributed by atoms with Gasteiger partial charge in [0.25, 0.3) is 11.8 Å². The number of likely N-dealkylation sites (tertiary alicyclic amines) is 1. The summed E-state index contributed by atoms with van der Waals surface area (Å²) in [6, 6.07) is 6.69. The fourth-order valence-electron chi connectivity index (χ4n) is 3.27. The third kappa shape index (κ3) is 2.87. The normalized spacial score (nSPS) is 26.9. The van der Waals surface area contributed by atoms with E-state index in [9.17, 15) is 14.4 Å². The molecule has 2 unspecified atom stereocenters. The summed E-state index contributed by atoms with van der Waals surface area (Å²) in [4.78, 5) is 37.8. The maximum absolute atomic E-state index is 12.6. The average molecular weight is 330 g/mol. The van der Waals surface area contributed by atoms with E-state index in [0.29, 0.717) is 23.7 Å². The Balaban J connectivity index is 1.76. The van der Waals surface area contributed by atoms with Crippen molar-refractivity contribution in [2.24, 2.45) is 0 Å². The van der Waals surface area contributed by atoms with Crippen molar-refractivity contribution in [3.63, 3.8) is 0 Å². The van der Waals surface area contributed by atoms with Crippen LogP contribution in [0.3, 0.4) is 0 Å². The average Bonchev–Trinajstić information content (AvgIpc) is 2.87. The summed E-state index contributed by atoms with van der Waals surface area (Å²) in [6.45, 7) is 3.11. The van der Waals surface area contributed by atoms with Crippen molar-refractivity contribution in [1.29, 1.82) is 0 Å². The van der Waals surface area contributed by atoms with E-state index in [4.69, 9.17) is 0 Å². The molecule has 3 N–H and O–H groups in total. The first-order valence-electron chi connectivity index (χ1n) is 8.14. The Morgan fingerprint density at radius 3 is 2.58 bits per heavy atom. The number of likely N-dealkylation sites (N-methyl/N-ethyl adjacent to an activating group) is 1. The number of urea groups is 1. The zero-order valence-corrected chi connectivity index (χ0v) is 13.9. The molecule has 3 rings (SSSR count). The van der Waals surface area contributed by atoms with E-state index in [0.717, 1.165) is 19.4 Å². The number of hydrogen-bond acceptors (Lipinski definition) is 4. The number of benzene rings is 1. The number of nitrogens with zero attached hydrogens (tertiary/aromatic N) is 1. The lowest BCUT2D eigenvalue weighted by Crippen LogP contribution is -2.47. The molecule has 0 aliphatic carbocycles. The van der Waals surface area contributed by atoms with Gasteiger partial charge in [0.15, 0.2) is 0 Å². The molecule has 0 bridgehead atoms. The van der Waals surface area contributed by atoms with Gasteiger partial charge in [0.05, 0.1) is 0 Å². The van der Waals surface area contributed by atoms with Crippen LogP contribution in [-0.2, 0) is 10.3 Å².